The summed E-state index contributed by atoms with van der Waals surface area (Å²) in [6, 6.07) is 9.64. The lowest BCUT2D eigenvalue weighted by Gasteiger charge is -2.23. The summed E-state index contributed by atoms with van der Waals surface area (Å²) in [7, 11) is 0. The van der Waals surface area contributed by atoms with Crippen molar-refractivity contribution in [2.24, 2.45) is 0 Å². The van der Waals surface area contributed by atoms with E-state index in [4.69, 9.17) is 4.84 Å². The summed E-state index contributed by atoms with van der Waals surface area (Å²) in [5.41, 5.74) is 5.95. The van der Waals surface area contributed by atoms with Crippen LogP contribution < -0.4 is 10.0 Å². The third-order valence-corrected chi connectivity index (χ3v) is 4.89. The highest BCUT2D eigenvalue weighted by molar-refractivity contribution is 7.09. The molecule has 1 aliphatic heterocycles. The largest absolute Gasteiger partial charge is 0.415 e. The second-order valence-corrected chi connectivity index (χ2v) is 6.17. The SMILES string of the molecule is Cc1sc[n+](CC(=O)C2(c3ccccc3)C=CON2)c1C. The molecule has 0 radical (unpaired) electrons. The Hall–Kier alpha value is -1.98. The third-order valence-electron chi connectivity index (χ3n) is 3.89. The van der Waals surface area contributed by atoms with Gasteiger partial charge in [-0.25, -0.2) is 0 Å². The molecule has 1 N–H and O–H groups in total. The van der Waals surface area contributed by atoms with Crippen molar-refractivity contribution < 1.29 is 14.2 Å². The third kappa shape index (κ3) is 2.39. The van der Waals surface area contributed by atoms with Crippen LogP contribution in [0.5, 0.6) is 0 Å². The molecule has 1 aromatic heterocycles. The molecule has 108 valence electrons. The fraction of sp³-hybridized carbons (Fsp3) is 0.250. The Morgan fingerprint density at radius 2 is 2.10 bits per heavy atom. The van der Waals surface area contributed by atoms with E-state index in [-0.39, 0.29) is 5.78 Å². The Morgan fingerprint density at radius 1 is 1.33 bits per heavy atom. The van der Waals surface area contributed by atoms with E-state index in [9.17, 15) is 4.79 Å². The van der Waals surface area contributed by atoms with Gasteiger partial charge < -0.3 is 4.84 Å². The van der Waals surface area contributed by atoms with Crippen LogP contribution in [0.2, 0.25) is 0 Å². The number of Topliss-reactive ketones (excluding diaryl/α,β-unsaturated/α-hetero) is 1. The van der Waals surface area contributed by atoms with Crippen LogP contribution in [0.25, 0.3) is 0 Å². The van der Waals surface area contributed by atoms with Crippen molar-refractivity contribution in [3.8, 4) is 0 Å². The van der Waals surface area contributed by atoms with E-state index >= 15 is 0 Å². The van der Waals surface area contributed by atoms with Crippen molar-refractivity contribution in [1.82, 2.24) is 5.48 Å². The maximum absolute atomic E-state index is 12.9. The van der Waals surface area contributed by atoms with Gasteiger partial charge in [-0.1, -0.05) is 41.7 Å². The molecule has 0 aliphatic carbocycles. The molecular formula is C16H17N2O2S+. The van der Waals surface area contributed by atoms with Gasteiger partial charge in [-0.2, -0.15) is 4.57 Å². The van der Waals surface area contributed by atoms with E-state index in [1.165, 1.54) is 11.1 Å². The van der Waals surface area contributed by atoms with Gasteiger partial charge in [0.2, 0.25) is 17.8 Å². The minimum atomic E-state index is -0.906. The maximum atomic E-state index is 12.9. The van der Waals surface area contributed by atoms with Crippen molar-refractivity contribution in [3.63, 3.8) is 0 Å². The van der Waals surface area contributed by atoms with Crippen molar-refractivity contribution in [1.29, 1.82) is 0 Å². The quantitative estimate of drug-likeness (QED) is 0.880. The average molecular weight is 301 g/mol. The second kappa shape index (κ2) is 5.42. The van der Waals surface area contributed by atoms with Gasteiger partial charge in [0.25, 0.3) is 0 Å². The molecule has 1 aliphatic rings. The normalized spacial score (nSPS) is 20.5. The smallest absolute Gasteiger partial charge is 0.229 e. The zero-order valence-electron chi connectivity index (χ0n) is 12.0. The maximum Gasteiger partial charge on any atom is 0.229 e. The van der Waals surface area contributed by atoms with Crippen LogP contribution in [0.4, 0.5) is 0 Å². The molecule has 21 heavy (non-hydrogen) atoms. The zero-order chi connectivity index (χ0) is 14.9. The molecule has 0 saturated heterocycles. The van der Waals surface area contributed by atoms with Gasteiger partial charge in [-0.05, 0) is 18.6 Å². The number of nitrogens with one attached hydrogen (secondary N) is 1. The van der Waals surface area contributed by atoms with E-state index in [1.54, 1.807) is 17.4 Å². The fourth-order valence-electron chi connectivity index (χ4n) is 2.41. The van der Waals surface area contributed by atoms with Gasteiger partial charge in [-0.15, -0.1) is 5.48 Å². The Balaban J connectivity index is 1.93. The molecule has 0 bridgehead atoms. The fourth-order valence-corrected chi connectivity index (χ4v) is 3.21. The lowest BCUT2D eigenvalue weighted by atomic mass is 9.86. The van der Waals surface area contributed by atoms with Crippen molar-refractivity contribution >= 4 is 17.1 Å². The van der Waals surface area contributed by atoms with Gasteiger partial charge in [0.05, 0.1) is 4.88 Å². The molecule has 5 heteroatoms. The van der Waals surface area contributed by atoms with E-state index in [2.05, 4.69) is 12.4 Å². The molecule has 0 spiro atoms. The van der Waals surface area contributed by atoms with Crippen molar-refractivity contribution in [2.45, 2.75) is 25.9 Å². The van der Waals surface area contributed by atoms with Crippen LogP contribution in [0.15, 0.2) is 48.2 Å². The molecule has 0 fully saturated rings. The van der Waals surface area contributed by atoms with Gasteiger partial charge in [0, 0.05) is 6.92 Å². The first-order valence-corrected chi connectivity index (χ1v) is 7.65. The zero-order valence-corrected chi connectivity index (χ0v) is 12.8. The first-order valence-electron chi connectivity index (χ1n) is 6.77. The molecule has 0 amide bonds. The van der Waals surface area contributed by atoms with Crippen molar-refractivity contribution in [3.05, 3.63) is 64.3 Å². The van der Waals surface area contributed by atoms with E-state index in [0.29, 0.717) is 6.54 Å². The minimum Gasteiger partial charge on any atom is -0.415 e. The van der Waals surface area contributed by atoms with Gasteiger partial charge in [0.15, 0.2) is 11.2 Å². The van der Waals surface area contributed by atoms with Crippen molar-refractivity contribution in [2.75, 3.05) is 0 Å². The Kier molecular flexibility index (Phi) is 3.61. The number of aromatic nitrogens is 1. The number of nitrogens with zero attached hydrogens (tertiary/aromatic N) is 1. The topological polar surface area (TPSA) is 42.2 Å². The first-order chi connectivity index (χ1) is 10.1. The number of aryl methyl sites for hydroxylation is 1. The number of carbonyl (C=O) groups is 1. The van der Waals surface area contributed by atoms with E-state index < -0.39 is 5.54 Å². The summed E-state index contributed by atoms with van der Waals surface area (Å²) >= 11 is 1.65. The average Bonchev–Trinajstić information content (AvgIpc) is 3.12. The number of benzene rings is 1. The summed E-state index contributed by atoms with van der Waals surface area (Å²) in [6.45, 7) is 4.40. The molecular weight excluding hydrogens is 284 g/mol. The van der Waals surface area contributed by atoms with Crippen LogP contribution in [-0.2, 0) is 21.7 Å². The Labute approximate surface area is 127 Å². The number of hydrogen-bond donors (Lipinski definition) is 1. The van der Waals surface area contributed by atoms with Gasteiger partial charge in [-0.3, -0.25) is 4.79 Å². The summed E-state index contributed by atoms with van der Waals surface area (Å²) in [4.78, 5) is 19.3. The number of thiazole rings is 1. The number of ketones is 1. The van der Waals surface area contributed by atoms with Gasteiger partial charge >= 0.3 is 0 Å². The standard InChI is InChI=1S/C16H17N2O2S/c1-12-13(2)21-11-18(12)10-15(19)16(8-9-20-17-16)14-6-4-3-5-7-14/h3-9,11,17H,10H2,1-2H3/q+1. The number of rotatable bonds is 4. The van der Waals surface area contributed by atoms with Crippen LogP contribution >= 0.6 is 11.3 Å². The molecule has 2 heterocycles. The van der Waals surface area contributed by atoms with Crippen LogP contribution in [0.3, 0.4) is 0 Å². The lowest BCUT2D eigenvalue weighted by molar-refractivity contribution is -0.686. The van der Waals surface area contributed by atoms with Gasteiger partial charge in [0.1, 0.15) is 6.26 Å². The highest BCUT2D eigenvalue weighted by atomic mass is 32.1. The number of carbonyl (C=O) groups excluding carboxylic acids is 1. The predicted molar refractivity (Wildman–Crippen MR) is 80.5 cm³/mol. The Morgan fingerprint density at radius 3 is 2.67 bits per heavy atom. The number of hydrogen-bond acceptors (Lipinski definition) is 4. The van der Waals surface area contributed by atoms with E-state index in [0.717, 1.165) is 11.3 Å². The predicted octanol–water partition coefficient (Wildman–Crippen LogP) is 2.17. The Bertz CT molecular complexity index is 694. The molecule has 1 atom stereocenters. The molecule has 4 nitrogen and oxygen atoms in total. The second-order valence-electron chi connectivity index (χ2n) is 5.11. The first kappa shape index (κ1) is 14.0. The van der Waals surface area contributed by atoms with Crippen LogP contribution in [0.1, 0.15) is 16.1 Å². The summed E-state index contributed by atoms with van der Waals surface area (Å²) in [5.74, 6) is 0.0494. The van der Waals surface area contributed by atoms with Crippen LogP contribution in [0, 0.1) is 13.8 Å². The number of hydroxylamine groups is 1. The molecule has 0 saturated carbocycles. The summed E-state index contributed by atoms with van der Waals surface area (Å²) in [6.07, 6.45) is 3.31. The van der Waals surface area contributed by atoms with E-state index in [1.807, 2.05) is 47.3 Å². The highest BCUT2D eigenvalue weighted by Gasteiger charge is 2.43. The lowest BCUT2D eigenvalue weighted by Crippen LogP contribution is -2.51. The molecule has 3 rings (SSSR count). The van der Waals surface area contributed by atoms with Crippen LogP contribution in [-0.4, -0.2) is 5.78 Å². The molecule has 2 aromatic rings. The monoisotopic (exact) mass is 301 g/mol. The highest BCUT2D eigenvalue weighted by Crippen LogP contribution is 2.28. The minimum absolute atomic E-state index is 0.0494. The summed E-state index contributed by atoms with van der Waals surface area (Å²) < 4.78 is 1.99. The molecule has 1 unspecified atom stereocenters. The summed E-state index contributed by atoms with van der Waals surface area (Å²) in [5, 5.41) is 0. The molecule has 1 aromatic carbocycles.